The van der Waals surface area contributed by atoms with Gasteiger partial charge < -0.3 is 18.9 Å². The molecule has 2 saturated heterocycles. The fourth-order valence-corrected chi connectivity index (χ4v) is 3.72. The van der Waals surface area contributed by atoms with Crippen LogP contribution in [0.25, 0.3) is 0 Å². The number of carbonyl (C=O) groups is 1. The van der Waals surface area contributed by atoms with Gasteiger partial charge in [0.1, 0.15) is 5.78 Å². The summed E-state index contributed by atoms with van der Waals surface area (Å²) >= 11 is 0. The van der Waals surface area contributed by atoms with E-state index in [9.17, 15) is 4.79 Å². The van der Waals surface area contributed by atoms with Crippen molar-refractivity contribution in [1.82, 2.24) is 0 Å². The number of ketones is 1. The molecule has 0 N–H and O–H groups in total. The molecular weight excluding hydrogens is 296 g/mol. The number of rotatable bonds is 0. The molecule has 2 aliphatic heterocycles. The second kappa shape index (κ2) is 7.43. The lowest BCUT2D eigenvalue weighted by Crippen LogP contribution is -2.35. The quantitative estimate of drug-likeness (QED) is 0.641. The van der Waals surface area contributed by atoms with E-state index in [0.29, 0.717) is 31.8 Å². The molecule has 2 saturated carbocycles. The van der Waals surface area contributed by atoms with Gasteiger partial charge in [0.25, 0.3) is 0 Å². The molecule has 0 radical (unpaired) electrons. The first kappa shape index (κ1) is 17.1. The normalized spacial score (nSPS) is 28.7. The summed E-state index contributed by atoms with van der Waals surface area (Å²) in [4.78, 5) is 10.9. The minimum absolute atomic E-state index is 0.188. The largest absolute Gasteiger partial charge is 0.348 e. The molecule has 4 fully saturated rings. The number of hydrogen-bond donors (Lipinski definition) is 0. The van der Waals surface area contributed by atoms with Crippen LogP contribution in [0.15, 0.2) is 11.6 Å². The summed E-state index contributed by atoms with van der Waals surface area (Å²) in [7, 11) is 0. The monoisotopic (exact) mass is 324 g/mol. The molecule has 4 aliphatic rings. The molecule has 0 aromatic carbocycles. The number of allylic oxidation sites excluding steroid dienone is 2. The van der Waals surface area contributed by atoms with Crippen LogP contribution in [0.5, 0.6) is 0 Å². The maximum atomic E-state index is 10.9. The lowest BCUT2D eigenvalue weighted by atomic mass is 9.90. The van der Waals surface area contributed by atoms with Crippen molar-refractivity contribution in [3.05, 3.63) is 11.6 Å². The van der Waals surface area contributed by atoms with Crippen molar-refractivity contribution >= 4 is 5.78 Å². The first-order valence-corrected chi connectivity index (χ1v) is 8.87. The molecule has 0 atom stereocenters. The number of hydrogen-bond acceptors (Lipinski definition) is 5. The number of ether oxygens (including phenoxy) is 4. The molecule has 2 heterocycles. The van der Waals surface area contributed by atoms with Crippen LogP contribution in [-0.2, 0) is 23.7 Å². The Labute approximate surface area is 138 Å². The third-order valence-electron chi connectivity index (χ3n) is 5.26. The van der Waals surface area contributed by atoms with E-state index in [-0.39, 0.29) is 11.6 Å². The van der Waals surface area contributed by atoms with Gasteiger partial charge in [0.15, 0.2) is 11.6 Å². The van der Waals surface area contributed by atoms with Crippen LogP contribution in [0, 0.1) is 0 Å². The zero-order chi connectivity index (χ0) is 16.2. The first-order chi connectivity index (χ1) is 11.2. The zero-order valence-corrected chi connectivity index (χ0v) is 14.1. The van der Waals surface area contributed by atoms with Gasteiger partial charge in [-0.1, -0.05) is 11.6 Å². The maximum Gasteiger partial charge on any atom is 0.169 e. The van der Waals surface area contributed by atoms with Crippen molar-refractivity contribution in [3.63, 3.8) is 0 Å². The van der Waals surface area contributed by atoms with Crippen LogP contribution < -0.4 is 0 Å². The highest BCUT2D eigenvalue weighted by Crippen LogP contribution is 2.37. The molecular formula is C18H28O5. The Kier molecular flexibility index (Phi) is 5.52. The van der Waals surface area contributed by atoms with E-state index in [1.807, 2.05) is 0 Å². The molecule has 0 bridgehead atoms. The smallest absolute Gasteiger partial charge is 0.169 e. The van der Waals surface area contributed by atoms with Gasteiger partial charge in [0.05, 0.1) is 26.4 Å². The van der Waals surface area contributed by atoms with Crippen LogP contribution in [-0.4, -0.2) is 43.8 Å². The van der Waals surface area contributed by atoms with Crippen molar-refractivity contribution in [1.29, 1.82) is 0 Å². The average Bonchev–Trinajstić information content (AvgIpc) is 3.23. The Morgan fingerprint density at radius 1 is 0.739 bits per heavy atom. The van der Waals surface area contributed by atoms with Crippen molar-refractivity contribution in [2.24, 2.45) is 0 Å². The molecule has 2 spiro atoms. The predicted octanol–water partition coefficient (Wildman–Crippen LogP) is 3.12. The SMILES string of the molecule is CC=C1CCC2(CC1)OCCO2.O=C1CCC2(CC1)OCCO2. The number of carbonyl (C=O) groups excluding carboxylic acids is 1. The Hall–Kier alpha value is -0.750. The van der Waals surface area contributed by atoms with Gasteiger partial charge in [-0.3, -0.25) is 4.79 Å². The van der Waals surface area contributed by atoms with Gasteiger partial charge in [-0.15, -0.1) is 0 Å². The van der Waals surface area contributed by atoms with Crippen LogP contribution in [0.2, 0.25) is 0 Å². The minimum Gasteiger partial charge on any atom is -0.348 e. The van der Waals surface area contributed by atoms with E-state index in [4.69, 9.17) is 18.9 Å². The summed E-state index contributed by atoms with van der Waals surface area (Å²) in [5.41, 5.74) is 1.56. The van der Waals surface area contributed by atoms with Gasteiger partial charge in [-0.05, 0) is 19.8 Å². The number of Topliss-reactive ketones (excluding diaryl/α,β-unsaturated/α-hetero) is 1. The van der Waals surface area contributed by atoms with Crippen molar-refractivity contribution in [2.75, 3.05) is 26.4 Å². The van der Waals surface area contributed by atoms with Crippen LogP contribution >= 0.6 is 0 Å². The molecule has 0 aromatic rings. The van der Waals surface area contributed by atoms with E-state index in [0.717, 1.165) is 51.7 Å². The van der Waals surface area contributed by atoms with Gasteiger partial charge in [-0.25, -0.2) is 0 Å². The lowest BCUT2D eigenvalue weighted by molar-refractivity contribution is -0.179. The molecule has 0 aromatic heterocycles. The van der Waals surface area contributed by atoms with E-state index >= 15 is 0 Å². The van der Waals surface area contributed by atoms with Crippen molar-refractivity contribution in [3.8, 4) is 0 Å². The van der Waals surface area contributed by atoms with Gasteiger partial charge in [-0.2, -0.15) is 0 Å². The standard InChI is InChI=1S/C10H16O2.C8H12O3/c1-2-9-3-5-10(6-4-9)11-7-8-12-10;9-7-1-3-8(4-2-7)10-5-6-11-8/h2H,3-8H2,1H3;1-6H2. The summed E-state index contributed by atoms with van der Waals surface area (Å²) in [5, 5.41) is 0. The Balaban J connectivity index is 0.000000136. The highest BCUT2D eigenvalue weighted by molar-refractivity contribution is 5.79. The van der Waals surface area contributed by atoms with Gasteiger partial charge in [0.2, 0.25) is 0 Å². The summed E-state index contributed by atoms with van der Waals surface area (Å²) in [6.07, 6.45) is 9.38. The lowest BCUT2D eigenvalue weighted by Gasteiger charge is -2.32. The molecule has 5 nitrogen and oxygen atoms in total. The van der Waals surface area contributed by atoms with Crippen molar-refractivity contribution < 1.29 is 23.7 Å². The van der Waals surface area contributed by atoms with Crippen LogP contribution in [0.3, 0.4) is 0 Å². The van der Waals surface area contributed by atoms with Gasteiger partial charge in [0, 0.05) is 38.5 Å². The van der Waals surface area contributed by atoms with E-state index in [1.165, 1.54) is 0 Å². The predicted molar refractivity (Wildman–Crippen MR) is 85.0 cm³/mol. The third-order valence-corrected chi connectivity index (χ3v) is 5.26. The summed E-state index contributed by atoms with van der Waals surface area (Å²) in [6, 6.07) is 0. The minimum atomic E-state index is -0.367. The second-order valence-electron chi connectivity index (χ2n) is 6.70. The summed E-state index contributed by atoms with van der Waals surface area (Å²) < 4.78 is 22.2. The van der Waals surface area contributed by atoms with Gasteiger partial charge >= 0.3 is 0 Å². The van der Waals surface area contributed by atoms with Crippen LogP contribution in [0.1, 0.15) is 58.3 Å². The highest BCUT2D eigenvalue weighted by atomic mass is 16.7. The molecule has 2 aliphatic carbocycles. The Morgan fingerprint density at radius 3 is 1.52 bits per heavy atom. The third kappa shape index (κ3) is 4.21. The molecule has 0 amide bonds. The topological polar surface area (TPSA) is 54.0 Å². The second-order valence-corrected chi connectivity index (χ2v) is 6.70. The molecule has 4 rings (SSSR count). The summed E-state index contributed by atoms with van der Waals surface area (Å²) in [5.74, 6) is -0.213. The molecule has 0 unspecified atom stereocenters. The molecule has 23 heavy (non-hydrogen) atoms. The van der Waals surface area contributed by atoms with E-state index in [1.54, 1.807) is 5.57 Å². The Bertz CT molecular complexity index is 420. The average molecular weight is 324 g/mol. The maximum absolute atomic E-state index is 10.9. The Morgan fingerprint density at radius 2 is 1.13 bits per heavy atom. The molecule has 5 heteroatoms. The fraction of sp³-hybridized carbons (Fsp3) is 0.833. The zero-order valence-electron chi connectivity index (χ0n) is 14.1. The molecule has 130 valence electrons. The van der Waals surface area contributed by atoms with E-state index in [2.05, 4.69) is 13.0 Å². The van der Waals surface area contributed by atoms with E-state index < -0.39 is 0 Å². The first-order valence-electron chi connectivity index (χ1n) is 8.87. The fourth-order valence-electron chi connectivity index (χ4n) is 3.72. The summed E-state index contributed by atoms with van der Waals surface area (Å²) in [6.45, 7) is 5.06. The highest BCUT2D eigenvalue weighted by Gasteiger charge is 2.40. The van der Waals surface area contributed by atoms with Crippen LogP contribution in [0.4, 0.5) is 0 Å². The van der Waals surface area contributed by atoms with Crippen molar-refractivity contribution in [2.45, 2.75) is 69.9 Å².